The van der Waals surface area contributed by atoms with Crippen molar-refractivity contribution in [2.75, 3.05) is 25.0 Å². The molecule has 2 aromatic rings. The average Bonchev–Trinajstić information content (AvgIpc) is 3.10. The van der Waals surface area contributed by atoms with E-state index in [0.717, 1.165) is 29.3 Å². The van der Waals surface area contributed by atoms with Crippen molar-refractivity contribution in [1.82, 2.24) is 15.3 Å². The Morgan fingerprint density at radius 1 is 1.00 bits per heavy atom. The molecule has 0 radical (unpaired) electrons. The number of urea groups is 2. The van der Waals surface area contributed by atoms with Gasteiger partial charge in [-0.1, -0.05) is 43.3 Å². The van der Waals surface area contributed by atoms with E-state index in [-0.39, 0.29) is 12.1 Å². The molecule has 24 heavy (non-hydrogen) atoms. The first-order valence-corrected chi connectivity index (χ1v) is 8.32. The van der Waals surface area contributed by atoms with Crippen LogP contribution in [0.1, 0.15) is 19.8 Å². The lowest BCUT2D eigenvalue weighted by Gasteiger charge is -2.28. The number of carbonyl (C=O) groups excluding carboxylic acids is 2. The third kappa shape index (κ3) is 3.27. The fraction of sp³-hybridized carbons (Fsp3) is 0.333. The number of fused-ring (bicyclic) bond motifs is 1. The van der Waals surface area contributed by atoms with Gasteiger partial charge in [0.05, 0.1) is 5.69 Å². The van der Waals surface area contributed by atoms with Crippen molar-refractivity contribution in [2.45, 2.75) is 19.8 Å². The summed E-state index contributed by atoms with van der Waals surface area (Å²) in [5.41, 5.74) is 0.749. The van der Waals surface area contributed by atoms with Crippen LogP contribution in [0.5, 0.6) is 0 Å². The van der Waals surface area contributed by atoms with Gasteiger partial charge >= 0.3 is 12.1 Å². The van der Waals surface area contributed by atoms with Crippen LogP contribution in [-0.2, 0) is 0 Å². The van der Waals surface area contributed by atoms with Gasteiger partial charge in [0.2, 0.25) is 0 Å². The van der Waals surface area contributed by atoms with Crippen molar-refractivity contribution in [1.29, 1.82) is 0 Å². The molecule has 6 heteroatoms. The van der Waals surface area contributed by atoms with Crippen molar-refractivity contribution in [2.24, 2.45) is 0 Å². The summed E-state index contributed by atoms with van der Waals surface area (Å²) in [5.74, 6) is 0. The van der Waals surface area contributed by atoms with Gasteiger partial charge in [0.25, 0.3) is 0 Å². The molecule has 126 valence electrons. The van der Waals surface area contributed by atoms with Crippen molar-refractivity contribution in [3.8, 4) is 0 Å². The lowest BCUT2D eigenvalue weighted by Crippen LogP contribution is -2.50. The molecule has 0 atom stereocenters. The van der Waals surface area contributed by atoms with E-state index in [4.69, 9.17) is 0 Å². The molecule has 0 saturated carbocycles. The number of nitrogens with zero attached hydrogens (tertiary/aromatic N) is 2. The Labute approximate surface area is 141 Å². The van der Waals surface area contributed by atoms with E-state index in [1.54, 1.807) is 0 Å². The minimum Gasteiger partial charge on any atom is -0.337 e. The zero-order chi connectivity index (χ0) is 16.9. The number of anilines is 1. The van der Waals surface area contributed by atoms with Crippen LogP contribution < -0.4 is 10.6 Å². The molecule has 2 aromatic carbocycles. The zero-order valence-corrected chi connectivity index (χ0v) is 13.8. The van der Waals surface area contributed by atoms with Gasteiger partial charge in [-0.25, -0.2) is 19.6 Å². The molecule has 3 rings (SSSR count). The van der Waals surface area contributed by atoms with Crippen LogP contribution in [0.3, 0.4) is 0 Å². The van der Waals surface area contributed by atoms with Crippen LogP contribution in [0.4, 0.5) is 15.3 Å². The number of hydrazine groups is 1. The number of hydrogen-bond acceptors (Lipinski definition) is 2. The molecule has 1 aliphatic rings. The number of carbonyl (C=O) groups is 2. The van der Waals surface area contributed by atoms with Crippen LogP contribution in [0.25, 0.3) is 10.8 Å². The Morgan fingerprint density at radius 3 is 2.50 bits per heavy atom. The van der Waals surface area contributed by atoms with E-state index in [1.807, 2.05) is 49.4 Å². The Balaban J connectivity index is 1.75. The van der Waals surface area contributed by atoms with Crippen molar-refractivity contribution >= 4 is 28.5 Å². The smallest absolute Gasteiger partial charge is 0.337 e. The van der Waals surface area contributed by atoms with Gasteiger partial charge in [0.1, 0.15) is 0 Å². The Hall–Kier alpha value is -2.76. The largest absolute Gasteiger partial charge is 0.340 e. The second-order valence-electron chi connectivity index (χ2n) is 5.79. The van der Waals surface area contributed by atoms with Crippen molar-refractivity contribution in [3.63, 3.8) is 0 Å². The summed E-state index contributed by atoms with van der Waals surface area (Å²) in [4.78, 5) is 24.8. The molecule has 0 unspecified atom stereocenters. The van der Waals surface area contributed by atoms with Gasteiger partial charge in [0.15, 0.2) is 0 Å². The molecular weight excluding hydrogens is 304 g/mol. The number of amides is 4. The van der Waals surface area contributed by atoms with E-state index < -0.39 is 0 Å². The SMILES string of the molecule is CCCNC(=O)N1CCCN1C(=O)Nc1cccc2ccccc12. The molecule has 0 aliphatic carbocycles. The summed E-state index contributed by atoms with van der Waals surface area (Å²) in [5, 5.41) is 10.8. The highest BCUT2D eigenvalue weighted by Gasteiger charge is 2.30. The van der Waals surface area contributed by atoms with E-state index in [1.165, 1.54) is 10.0 Å². The Bertz CT molecular complexity index is 741. The maximum atomic E-state index is 12.6. The molecule has 6 nitrogen and oxygen atoms in total. The topological polar surface area (TPSA) is 64.7 Å². The second-order valence-corrected chi connectivity index (χ2v) is 5.79. The quantitative estimate of drug-likeness (QED) is 0.908. The standard InChI is InChI=1S/C18H22N4O2/c1-2-11-19-17(23)21-12-6-13-22(21)18(24)20-16-10-5-8-14-7-3-4-9-15(14)16/h3-5,7-10H,2,6,11-13H2,1H3,(H,19,23)(H,20,24). The van der Waals surface area contributed by atoms with Gasteiger partial charge < -0.3 is 10.6 Å². The van der Waals surface area contributed by atoms with Crippen LogP contribution in [0.15, 0.2) is 42.5 Å². The Kier molecular flexibility index (Phi) is 4.84. The minimum atomic E-state index is -0.282. The average molecular weight is 326 g/mol. The first-order chi connectivity index (χ1) is 11.7. The van der Waals surface area contributed by atoms with Gasteiger partial charge in [0, 0.05) is 25.0 Å². The summed E-state index contributed by atoms with van der Waals surface area (Å²) < 4.78 is 0. The first-order valence-electron chi connectivity index (χ1n) is 8.32. The third-order valence-electron chi connectivity index (χ3n) is 4.06. The van der Waals surface area contributed by atoms with E-state index in [2.05, 4.69) is 10.6 Å². The summed E-state index contributed by atoms with van der Waals surface area (Å²) in [6.45, 7) is 3.69. The molecule has 1 fully saturated rings. The molecule has 0 spiro atoms. The summed E-state index contributed by atoms with van der Waals surface area (Å²) in [6.07, 6.45) is 1.64. The maximum absolute atomic E-state index is 12.6. The molecule has 0 bridgehead atoms. The minimum absolute atomic E-state index is 0.220. The van der Waals surface area contributed by atoms with Crippen LogP contribution >= 0.6 is 0 Å². The van der Waals surface area contributed by atoms with E-state index in [0.29, 0.717) is 19.6 Å². The van der Waals surface area contributed by atoms with E-state index in [9.17, 15) is 9.59 Å². The molecule has 1 aliphatic heterocycles. The highest BCUT2D eigenvalue weighted by Crippen LogP contribution is 2.24. The molecule has 4 amide bonds. The highest BCUT2D eigenvalue weighted by molar-refractivity contribution is 6.01. The predicted molar refractivity (Wildman–Crippen MR) is 94.7 cm³/mol. The monoisotopic (exact) mass is 326 g/mol. The number of rotatable bonds is 3. The fourth-order valence-electron chi connectivity index (χ4n) is 2.87. The van der Waals surface area contributed by atoms with Gasteiger partial charge in [-0.05, 0) is 24.3 Å². The number of benzene rings is 2. The Morgan fingerprint density at radius 2 is 1.71 bits per heavy atom. The van der Waals surface area contributed by atoms with Gasteiger partial charge in [-0.3, -0.25) is 0 Å². The van der Waals surface area contributed by atoms with Crippen molar-refractivity contribution < 1.29 is 9.59 Å². The van der Waals surface area contributed by atoms with Gasteiger partial charge in [-0.15, -0.1) is 0 Å². The molecule has 0 aromatic heterocycles. The highest BCUT2D eigenvalue weighted by atomic mass is 16.2. The molecule has 2 N–H and O–H groups in total. The predicted octanol–water partition coefficient (Wildman–Crippen LogP) is 3.41. The zero-order valence-electron chi connectivity index (χ0n) is 13.8. The summed E-state index contributed by atoms with van der Waals surface area (Å²) in [7, 11) is 0. The van der Waals surface area contributed by atoms with Crippen LogP contribution in [-0.4, -0.2) is 41.7 Å². The summed E-state index contributed by atoms with van der Waals surface area (Å²) in [6, 6.07) is 13.2. The lowest BCUT2D eigenvalue weighted by atomic mass is 10.1. The van der Waals surface area contributed by atoms with Gasteiger partial charge in [-0.2, -0.15) is 0 Å². The molecular formula is C18H22N4O2. The van der Waals surface area contributed by atoms with E-state index >= 15 is 0 Å². The molecule has 1 heterocycles. The number of nitrogens with one attached hydrogen (secondary N) is 2. The first kappa shape index (κ1) is 16.1. The van der Waals surface area contributed by atoms with Crippen LogP contribution in [0, 0.1) is 0 Å². The third-order valence-corrected chi connectivity index (χ3v) is 4.06. The number of hydrogen-bond donors (Lipinski definition) is 2. The van der Waals surface area contributed by atoms with Crippen molar-refractivity contribution in [3.05, 3.63) is 42.5 Å². The maximum Gasteiger partial charge on any atom is 0.340 e. The second kappa shape index (κ2) is 7.21. The normalized spacial score (nSPS) is 14.0. The molecule has 1 saturated heterocycles. The van der Waals surface area contributed by atoms with Crippen LogP contribution in [0.2, 0.25) is 0 Å². The fourth-order valence-corrected chi connectivity index (χ4v) is 2.87. The lowest BCUT2D eigenvalue weighted by molar-refractivity contribution is 0.0947. The summed E-state index contributed by atoms with van der Waals surface area (Å²) >= 11 is 0.